The molecule has 0 amide bonds. The van der Waals surface area contributed by atoms with Gasteiger partial charge in [0.2, 0.25) is 0 Å². The lowest BCUT2D eigenvalue weighted by Crippen LogP contribution is -2.13. The third kappa shape index (κ3) is 3.22. The minimum absolute atomic E-state index is 0.0635. The quantitative estimate of drug-likeness (QED) is 0.649. The molecule has 0 heterocycles. The van der Waals surface area contributed by atoms with Crippen molar-refractivity contribution in [3.05, 3.63) is 65.2 Å². The van der Waals surface area contributed by atoms with Gasteiger partial charge >= 0.3 is 5.97 Å². The summed E-state index contributed by atoms with van der Waals surface area (Å²) in [5.74, 6) is -1.28. The van der Waals surface area contributed by atoms with E-state index in [0.717, 1.165) is 21.9 Å². The zero-order chi connectivity index (χ0) is 18.4. The van der Waals surface area contributed by atoms with Crippen LogP contribution in [0.15, 0.2) is 48.5 Å². The molecule has 0 aliphatic heterocycles. The predicted molar refractivity (Wildman–Crippen MR) is 101 cm³/mol. The number of carbonyl (C=O) groups is 1. The van der Waals surface area contributed by atoms with Crippen molar-refractivity contribution >= 4 is 16.7 Å². The van der Waals surface area contributed by atoms with E-state index >= 15 is 0 Å². The lowest BCUT2D eigenvalue weighted by atomic mass is 9.83. The molecule has 3 heteroatoms. The lowest BCUT2D eigenvalue weighted by molar-refractivity contribution is 0.0693. The molecule has 0 saturated heterocycles. The number of rotatable bonds is 2. The van der Waals surface area contributed by atoms with E-state index in [0.29, 0.717) is 5.56 Å². The Hall–Kier alpha value is -2.81. The van der Waals surface area contributed by atoms with Crippen LogP contribution in [0.1, 0.15) is 42.3 Å². The minimum atomic E-state index is -1.12. The van der Waals surface area contributed by atoms with Gasteiger partial charge in [0, 0.05) is 5.56 Å². The van der Waals surface area contributed by atoms with Crippen LogP contribution < -0.4 is 0 Å². The molecule has 0 fully saturated rings. The van der Waals surface area contributed by atoms with Crippen molar-refractivity contribution in [2.45, 2.75) is 33.1 Å². The molecule has 3 nitrogen and oxygen atoms in total. The maximum Gasteiger partial charge on any atom is 0.339 e. The highest BCUT2D eigenvalue weighted by atomic mass is 16.4. The molecular formula is C22H22O3. The summed E-state index contributed by atoms with van der Waals surface area (Å²) in [4.78, 5) is 11.6. The number of hydrogen-bond donors (Lipinski definition) is 2. The van der Waals surface area contributed by atoms with Crippen molar-refractivity contribution in [1.29, 1.82) is 0 Å². The smallest absolute Gasteiger partial charge is 0.339 e. The van der Waals surface area contributed by atoms with Crippen LogP contribution in [0.2, 0.25) is 0 Å². The van der Waals surface area contributed by atoms with Crippen molar-refractivity contribution < 1.29 is 15.0 Å². The van der Waals surface area contributed by atoms with Gasteiger partial charge in [0.15, 0.2) is 0 Å². The topological polar surface area (TPSA) is 57.5 Å². The molecule has 0 spiro atoms. The Morgan fingerprint density at radius 3 is 2.16 bits per heavy atom. The number of carboxylic acids is 1. The van der Waals surface area contributed by atoms with E-state index in [1.165, 1.54) is 5.56 Å². The van der Waals surface area contributed by atoms with E-state index in [1.54, 1.807) is 6.07 Å². The minimum Gasteiger partial charge on any atom is -0.507 e. The van der Waals surface area contributed by atoms with Gasteiger partial charge in [0.25, 0.3) is 0 Å². The average Bonchev–Trinajstić information content (AvgIpc) is 2.53. The van der Waals surface area contributed by atoms with E-state index in [4.69, 9.17) is 0 Å². The standard InChI is InChI=1S/C22H22O3/c1-13-5-6-15-10-16(8-7-14(15)9-13)17-11-18(21(24)25)20(23)19(12-17)22(2,3)4/h5-12,23H,1-4H3,(H,24,25). The molecule has 3 aromatic carbocycles. The van der Waals surface area contributed by atoms with Gasteiger partial charge in [-0.25, -0.2) is 4.79 Å². The Kier molecular flexibility index (Phi) is 4.03. The predicted octanol–water partition coefficient (Wildman–Crippen LogP) is 5.52. The largest absolute Gasteiger partial charge is 0.507 e. The number of carboxylic acid groups (broad SMARTS) is 1. The highest BCUT2D eigenvalue weighted by molar-refractivity contribution is 5.94. The fraction of sp³-hybridized carbons (Fsp3) is 0.227. The summed E-state index contributed by atoms with van der Waals surface area (Å²) in [5.41, 5.74) is 3.14. The van der Waals surface area contributed by atoms with Crippen molar-refractivity contribution in [3.8, 4) is 16.9 Å². The van der Waals surface area contributed by atoms with Crippen LogP contribution in [0.4, 0.5) is 0 Å². The van der Waals surface area contributed by atoms with E-state index in [2.05, 4.69) is 31.2 Å². The van der Waals surface area contributed by atoms with Gasteiger partial charge in [-0.3, -0.25) is 0 Å². The summed E-state index contributed by atoms with van der Waals surface area (Å²) in [5, 5.41) is 22.1. The molecular weight excluding hydrogens is 312 g/mol. The molecule has 2 N–H and O–H groups in total. The first-order valence-corrected chi connectivity index (χ1v) is 8.28. The summed E-state index contributed by atoms with van der Waals surface area (Å²) >= 11 is 0. The third-order valence-electron chi connectivity index (χ3n) is 4.48. The highest BCUT2D eigenvalue weighted by Crippen LogP contribution is 2.38. The SMILES string of the molecule is Cc1ccc2cc(-c3cc(C(=O)O)c(O)c(C(C)(C)C)c3)ccc2c1. The monoisotopic (exact) mass is 334 g/mol. The van der Waals surface area contributed by atoms with Crippen LogP contribution in [0.25, 0.3) is 21.9 Å². The summed E-state index contributed by atoms with van der Waals surface area (Å²) in [7, 11) is 0. The highest BCUT2D eigenvalue weighted by Gasteiger charge is 2.24. The van der Waals surface area contributed by atoms with Crippen molar-refractivity contribution in [2.75, 3.05) is 0 Å². The Bertz CT molecular complexity index is 978. The van der Waals surface area contributed by atoms with Crippen LogP contribution in [-0.4, -0.2) is 16.2 Å². The number of aryl methyl sites for hydroxylation is 1. The average molecular weight is 334 g/mol. The number of aromatic carboxylic acids is 1. The number of fused-ring (bicyclic) bond motifs is 1. The first kappa shape index (κ1) is 17.0. The Balaban J connectivity index is 2.24. The van der Waals surface area contributed by atoms with Gasteiger partial charge in [-0.05, 0) is 52.4 Å². The van der Waals surface area contributed by atoms with Crippen LogP contribution >= 0.6 is 0 Å². The fourth-order valence-corrected chi connectivity index (χ4v) is 3.08. The zero-order valence-corrected chi connectivity index (χ0v) is 14.9. The normalized spacial score (nSPS) is 11.7. The second kappa shape index (κ2) is 5.92. The van der Waals surface area contributed by atoms with Crippen LogP contribution in [0.5, 0.6) is 5.75 Å². The number of aromatic hydroxyl groups is 1. The number of hydrogen-bond acceptors (Lipinski definition) is 2. The first-order chi connectivity index (χ1) is 11.7. The maximum atomic E-state index is 11.6. The lowest BCUT2D eigenvalue weighted by Gasteiger charge is -2.22. The summed E-state index contributed by atoms with van der Waals surface area (Å²) in [6.45, 7) is 7.93. The van der Waals surface area contributed by atoms with Gasteiger partial charge in [0.05, 0.1) is 0 Å². The van der Waals surface area contributed by atoms with Crippen LogP contribution in [0, 0.1) is 6.92 Å². The summed E-state index contributed by atoms with van der Waals surface area (Å²) in [6, 6.07) is 15.8. The molecule has 0 atom stereocenters. The van der Waals surface area contributed by atoms with Gasteiger partial charge in [-0.2, -0.15) is 0 Å². The van der Waals surface area contributed by atoms with Gasteiger partial charge in [-0.15, -0.1) is 0 Å². The molecule has 0 unspecified atom stereocenters. The third-order valence-corrected chi connectivity index (χ3v) is 4.48. The molecule has 0 aliphatic carbocycles. The van der Waals surface area contributed by atoms with E-state index in [1.807, 2.05) is 39.0 Å². The van der Waals surface area contributed by atoms with E-state index in [9.17, 15) is 15.0 Å². The Morgan fingerprint density at radius 1 is 0.880 bits per heavy atom. The van der Waals surface area contributed by atoms with Crippen LogP contribution in [0.3, 0.4) is 0 Å². The molecule has 0 aromatic heterocycles. The molecule has 3 rings (SSSR count). The summed E-state index contributed by atoms with van der Waals surface area (Å²) < 4.78 is 0. The maximum absolute atomic E-state index is 11.6. The van der Waals surface area contributed by atoms with Crippen molar-refractivity contribution in [1.82, 2.24) is 0 Å². The second-order valence-corrected chi connectivity index (χ2v) is 7.54. The molecule has 0 aliphatic rings. The number of phenols is 1. The molecule has 0 saturated carbocycles. The van der Waals surface area contributed by atoms with Gasteiger partial charge in [-0.1, -0.05) is 56.7 Å². The van der Waals surface area contributed by atoms with Gasteiger partial charge in [0.1, 0.15) is 11.3 Å². The molecule has 0 bridgehead atoms. The summed E-state index contributed by atoms with van der Waals surface area (Å²) in [6.07, 6.45) is 0. The van der Waals surface area contributed by atoms with E-state index < -0.39 is 5.97 Å². The molecule has 0 radical (unpaired) electrons. The Morgan fingerprint density at radius 2 is 1.52 bits per heavy atom. The van der Waals surface area contributed by atoms with Gasteiger partial charge < -0.3 is 10.2 Å². The van der Waals surface area contributed by atoms with Crippen LogP contribution in [-0.2, 0) is 5.41 Å². The van der Waals surface area contributed by atoms with E-state index in [-0.39, 0.29) is 16.7 Å². The second-order valence-electron chi connectivity index (χ2n) is 7.54. The molecule has 25 heavy (non-hydrogen) atoms. The Labute approximate surface area is 147 Å². The van der Waals surface area contributed by atoms with Crippen molar-refractivity contribution in [3.63, 3.8) is 0 Å². The molecule has 128 valence electrons. The first-order valence-electron chi connectivity index (χ1n) is 8.28. The molecule has 3 aromatic rings. The van der Waals surface area contributed by atoms with Crippen molar-refractivity contribution in [2.24, 2.45) is 0 Å². The number of benzene rings is 3. The fourth-order valence-electron chi connectivity index (χ4n) is 3.08. The zero-order valence-electron chi connectivity index (χ0n) is 14.9.